The number of carbonyl (C=O) groups is 1. The first-order valence-electron chi connectivity index (χ1n) is 11.3. The highest BCUT2D eigenvalue weighted by Crippen LogP contribution is 2.29. The lowest BCUT2D eigenvalue weighted by Gasteiger charge is -2.30. The maximum atomic E-state index is 14.1. The van der Waals surface area contributed by atoms with E-state index in [0.29, 0.717) is 45.9 Å². The van der Waals surface area contributed by atoms with Crippen molar-refractivity contribution in [3.05, 3.63) is 65.6 Å². The second kappa shape index (κ2) is 9.14. The molecule has 1 aliphatic heterocycles. The monoisotopic (exact) mass is 513 g/mol. The topological polar surface area (TPSA) is 97.2 Å². The number of hydrogen-bond donors (Lipinski definition) is 1. The second-order valence-corrected chi connectivity index (χ2v) is 11.7. The lowest BCUT2D eigenvalue weighted by atomic mass is 10.0. The van der Waals surface area contributed by atoms with Crippen LogP contribution in [0.15, 0.2) is 53.4 Å². The number of carbonyl (C=O) groups excluding carboxylic acids is 1. The molecule has 11 heteroatoms. The summed E-state index contributed by atoms with van der Waals surface area (Å²) in [5, 5.41) is 7.63. The van der Waals surface area contributed by atoms with Crippen molar-refractivity contribution in [2.45, 2.75) is 31.6 Å². The first-order valence-corrected chi connectivity index (χ1v) is 13.5. The van der Waals surface area contributed by atoms with Gasteiger partial charge in [0.1, 0.15) is 17.2 Å². The summed E-state index contributed by atoms with van der Waals surface area (Å²) < 4.78 is 43.7. The number of nitrogens with zero attached hydrogens (tertiary/aromatic N) is 4. The summed E-state index contributed by atoms with van der Waals surface area (Å²) in [6, 6.07) is 12.3. The number of amides is 1. The number of hydrogen-bond acceptors (Lipinski definition) is 6. The molecule has 1 amide bonds. The van der Waals surface area contributed by atoms with E-state index in [-0.39, 0.29) is 10.4 Å². The molecule has 35 heavy (non-hydrogen) atoms. The van der Waals surface area contributed by atoms with Gasteiger partial charge in [-0.2, -0.15) is 14.1 Å². The normalized spacial score (nSPS) is 17.1. The van der Waals surface area contributed by atoms with E-state index in [1.165, 1.54) is 50.7 Å². The van der Waals surface area contributed by atoms with Gasteiger partial charge in [-0.1, -0.05) is 24.3 Å². The highest BCUT2D eigenvalue weighted by atomic mass is 32.2. The van der Waals surface area contributed by atoms with Gasteiger partial charge < -0.3 is 5.32 Å². The molecule has 2 aromatic carbocycles. The molecule has 0 radical (unpaired) electrons. The lowest BCUT2D eigenvalue weighted by molar-refractivity contribution is 0.102. The van der Waals surface area contributed by atoms with Crippen LogP contribution >= 0.6 is 11.3 Å². The van der Waals surface area contributed by atoms with E-state index >= 15 is 0 Å². The Bertz CT molecular complexity index is 1510. The smallest absolute Gasteiger partial charge is 0.256 e. The van der Waals surface area contributed by atoms with E-state index in [1.54, 1.807) is 25.1 Å². The number of anilines is 1. The van der Waals surface area contributed by atoms with E-state index in [0.717, 1.165) is 12.8 Å². The largest absolute Gasteiger partial charge is 0.306 e. The molecule has 1 atom stereocenters. The zero-order valence-corrected chi connectivity index (χ0v) is 20.9. The van der Waals surface area contributed by atoms with Crippen LogP contribution in [0.4, 0.5) is 10.2 Å². The summed E-state index contributed by atoms with van der Waals surface area (Å²) in [6.07, 6.45) is 1.86. The fourth-order valence-corrected chi connectivity index (χ4v) is 6.75. The van der Waals surface area contributed by atoms with E-state index < -0.39 is 21.7 Å². The molecule has 1 fully saturated rings. The molecule has 1 saturated heterocycles. The Labute approximate surface area is 206 Å². The van der Waals surface area contributed by atoms with Crippen LogP contribution in [0.2, 0.25) is 0 Å². The number of rotatable bonds is 5. The predicted octanol–water partition coefficient (Wildman–Crippen LogP) is 4.60. The molecule has 0 spiro atoms. The molecule has 5 rings (SSSR count). The summed E-state index contributed by atoms with van der Waals surface area (Å²) in [7, 11) is -3.60. The first-order chi connectivity index (χ1) is 16.7. The molecule has 0 bridgehead atoms. The molecule has 0 aliphatic carbocycles. The van der Waals surface area contributed by atoms with Crippen LogP contribution in [0, 0.1) is 18.7 Å². The Morgan fingerprint density at radius 3 is 2.69 bits per heavy atom. The number of piperidine rings is 1. The Morgan fingerprint density at radius 1 is 1.20 bits per heavy atom. The molecule has 182 valence electrons. The number of para-hydroxylation sites is 1. The average Bonchev–Trinajstić information content (AvgIpc) is 3.43. The fraction of sp³-hybridized carbons (Fsp3) is 0.292. The molecular formula is C24H24FN5O3S2. The van der Waals surface area contributed by atoms with Crippen molar-refractivity contribution in [3.63, 3.8) is 0 Å². The molecule has 1 aliphatic rings. The number of benzene rings is 2. The number of sulfonamides is 1. The van der Waals surface area contributed by atoms with E-state index in [4.69, 9.17) is 0 Å². The van der Waals surface area contributed by atoms with Crippen LogP contribution in [-0.4, -0.2) is 46.5 Å². The molecule has 8 nitrogen and oxygen atoms in total. The maximum absolute atomic E-state index is 14.1. The van der Waals surface area contributed by atoms with Crippen molar-refractivity contribution in [3.8, 4) is 5.13 Å². The summed E-state index contributed by atoms with van der Waals surface area (Å²) >= 11 is 1.26. The number of fused-ring (bicyclic) bond motifs is 1. The summed E-state index contributed by atoms with van der Waals surface area (Å²) in [5.41, 5.74) is 1.20. The quantitative estimate of drug-likeness (QED) is 0.421. The zero-order valence-electron chi connectivity index (χ0n) is 19.2. The van der Waals surface area contributed by atoms with Crippen molar-refractivity contribution in [1.29, 1.82) is 0 Å². The van der Waals surface area contributed by atoms with E-state index in [1.807, 2.05) is 6.92 Å². The van der Waals surface area contributed by atoms with Crippen molar-refractivity contribution < 1.29 is 17.6 Å². The Morgan fingerprint density at radius 2 is 1.97 bits per heavy atom. The van der Waals surface area contributed by atoms with Gasteiger partial charge in [-0.25, -0.2) is 17.8 Å². The van der Waals surface area contributed by atoms with Gasteiger partial charge in [0, 0.05) is 24.7 Å². The fourth-order valence-electron chi connectivity index (χ4n) is 4.21. The van der Waals surface area contributed by atoms with Crippen LogP contribution in [0.3, 0.4) is 0 Å². The van der Waals surface area contributed by atoms with Crippen LogP contribution in [0.25, 0.3) is 15.3 Å². The summed E-state index contributed by atoms with van der Waals surface area (Å²) in [4.78, 5) is 17.5. The number of thiazole rings is 1. The maximum Gasteiger partial charge on any atom is 0.256 e. The zero-order chi connectivity index (χ0) is 24.7. The summed E-state index contributed by atoms with van der Waals surface area (Å²) in [6.45, 7) is 4.84. The molecule has 2 aromatic heterocycles. The van der Waals surface area contributed by atoms with Gasteiger partial charge in [-0.3, -0.25) is 4.79 Å². The number of halogens is 1. The Kier molecular flexibility index (Phi) is 6.16. The number of aromatic nitrogens is 3. The van der Waals surface area contributed by atoms with Crippen molar-refractivity contribution >= 4 is 43.3 Å². The lowest BCUT2D eigenvalue weighted by Crippen LogP contribution is -2.39. The predicted molar refractivity (Wildman–Crippen MR) is 133 cm³/mol. The van der Waals surface area contributed by atoms with Crippen molar-refractivity contribution in [2.24, 2.45) is 5.92 Å². The minimum atomic E-state index is -3.60. The third-order valence-electron chi connectivity index (χ3n) is 5.99. The SMILES string of the molecule is Cc1cc(NC(=O)c2ccc(S(=O)(=O)N3CCCC(C)C3)cc2)n(-c2nc3c(F)cccc3s2)n1. The van der Waals surface area contributed by atoms with Gasteiger partial charge in [0.25, 0.3) is 5.91 Å². The molecule has 4 aromatic rings. The van der Waals surface area contributed by atoms with Crippen LogP contribution in [0.1, 0.15) is 35.8 Å². The van der Waals surface area contributed by atoms with Crippen LogP contribution in [0.5, 0.6) is 0 Å². The average molecular weight is 514 g/mol. The Hall–Kier alpha value is -3.15. The molecule has 0 saturated carbocycles. The second-order valence-electron chi connectivity index (χ2n) is 8.75. The molecule has 3 heterocycles. The Balaban J connectivity index is 1.37. The minimum absolute atomic E-state index is 0.167. The number of aryl methyl sites for hydroxylation is 1. The standard InChI is InChI=1S/C24H24FN5O3S2/c1-15-5-4-12-29(14-15)35(32,33)18-10-8-17(9-11-18)23(31)26-21-13-16(2)28-30(21)24-27-22-19(25)6-3-7-20(22)34-24/h3,6-11,13,15H,4-5,12,14H2,1-2H3,(H,26,31). The molecule has 1 unspecified atom stereocenters. The van der Waals surface area contributed by atoms with Gasteiger partial charge in [-0.15, -0.1) is 0 Å². The van der Waals surface area contributed by atoms with Crippen molar-refractivity contribution in [1.82, 2.24) is 19.1 Å². The third-order valence-corrected chi connectivity index (χ3v) is 8.86. The highest BCUT2D eigenvalue weighted by molar-refractivity contribution is 7.89. The number of nitrogens with one attached hydrogen (secondary N) is 1. The van der Waals surface area contributed by atoms with Gasteiger partial charge in [-0.05, 0) is 62.1 Å². The summed E-state index contributed by atoms with van der Waals surface area (Å²) in [5.74, 6) is -0.141. The van der Waals surface area contributed by atoms with E-state index in [2.05, 4.69) is 15.4 Å². The molecular weight excluding hydrogens is 489 g/mol. The minimum Gasteiger partial charge on any atom is -0.306 e. The van der Waals surface area contributed by atoms with Crippen LogP contribution in [-0.2, 0) is 10.0 Å². The highest BCUT2D eigenvalue weighted by Gasteiger charge is 2.28. The van der Waals surface area contributed by atoms with Gasteiger partial charge in [0.15, 0.2) is 0 Å². The van der Waals surface area contributed by atoms with Gasteiger partial charge >= 0.3 is 0 Å². The van der Waals surface area contributed by atoms with Gasteiger partial charge in [0.2, 0.25) is 15.2 Å². The van der Waals surface area contributed by atoms with E-state index in [9.17, 15) is 17.6 Å². The third kappa shape index (κ3) is 4.58. The first kappa shape index (κ1) is 23.6. The van der Waals surface area contributed by atoms with Crippen molar-refractivity contribution in [2.75, 3.05) is 18.4 Å². The van der Waals surface area contributed by atoms with Gasteiger partial charge in [0.05, 0.1) is 15.3 Å². The van der Waals surface area contributed by atoms with Crippen LogP contribution < -0.4 is 5.32 Å². The molecule has 1 N–H and O–H groups in total.